The minimum atomic E-state index is 0.0636. The Morgan fingerprint density at radius 2 is 2.04 bits per heavy atom. The second kappa shape index (κ2) is 7.85. The number of ketones is 1. The van der Waals surface area contributed by atoms with Crippen molar-refractivity contribution in [2.75, 3.05) is 12.0 Å². The molecule has 0 unspecified atom stereocenters. The van der Waals surface area contributed by atoms with Gasteiger partial charge in [0.25, 0.3) is 0 Å². The number of benzene rings is 1. The molecule has 0 atom stereocenters. The van der Waals surface area contributed by atoms with Crippen LogP contribution in [0.1, 0.15) is 40.7 Å². The summed E-state index contributed by atoms with van der Waals surface area (Å²) < 4.78 is 2.06. The molecule has 0 saturated carbocycles. The van der Waals surface area contributed by atoms with Crippen LogP contribution in [0.25, 0.3) is 11.8 Å². The normalized spacial score (nSPS) is 10.9. The maximum absolute atomic E-state index is 11.9. The number of hydrogen-bond donors (Lipinski definition) is 0. The summed E-state index contributed by atoms with van der Waals surface area (Å²) in [6, 6.07) is 11.5. The van der Waals surface area contributed by atoms with Gasteiger partial charge in [-0.3, -0.25) is 4.79 Å². The molecule has 0 amide bonds. The van der Waals surface area contributed by atoms with Crippen molar-refractivity contribution in [2.45, 2.75) is 20.3 Å². The predicted octanol–water partition coefficient (Wildman–Crippen LogP) is 4.63. The van der Waals surface area contributed by atoms with Crippen molar-refractivity contribution in [2.24, 2.45) is 0 Å². The lowest BCUT2D eigenvalue weighted by Crippen LogP contribution is -2.01. The van der Waals surface area contributed by atoms with E-state index in [1.807, 2.05) is 36.9 Å². The van der Waals surface area contributed by atoms with Crippen molar-refractivity contribution in [3.63, 3.8) is 0 Å². The summed E-state index contributed by atoms with van der Waals surface area (Å²) in [4.78, 5) is 11.9. The van der Waals surface area contributed by atoms with E-state index in [1.54, 1.807) is 19.1 Å². The molecule has 0 saturated heterocycles. The van der Waals surface area contributed by atoms with Gasteiger partial charge < -0.3 is 4.57 Å². The SMILES string of the molecule is CSCCC=Cc1cc(C(C)=O)c(C)n1-c1ccc(C#N)cc1. The van der Waals surface area contributed by atoms with E-state index in [0.29, 0.717) is 5.56 Å². The number of rotatable bonds is 6. The number of aromatic nitrogens is 1. The third-order valence-electron chi connectivity index (χ3n) is 3.69. The molecule has 3 nitrogen and oxygen atoms in total. The fraction of sp³-hybridized carbons (Fsp3) is 0.263. The molecule has 4 heteroatoms. The minimum Gasteiger partial charge on any atom is -0.314 e. The second-order valence-corrected chi connectivity index (χ2v) is 6.29. The Bertz CT molecular complexity index is 764. The zero-order chi connectivity index (χ0) is 16.8. The third kappa shape index (κ3) is 3.94. The van der Waals surface area contributed by atoms with Gasteiger partial charge in [-0.15, -0.1) is 0 Å². The molecule has 1 heterocycles. The lowest BCUT2D eigenvalue weighted by molar-refractivity contribution is 0.101. The Labute approximate surface area is 141 Å². The van der Waals surface area contributed by atoms with Crippen molar-refractivity contribution < 1.29 is 4.79 Å². The minimum absolute atomic E-state index is 0.0636. The fourth-order valence-electron chi connectivity index (χ4n) is 2.53. The summed E-state index contributed by atoms with van der Waals surface area (Å²) in [6.07, 6.45) is 7.28. The van der Waals surface area contributed by atoms with Gasteiger partial charge in [-0.05, 0) is 68.7 Å². The molecule has 0 radical (unpaired) electrons. The molecule has 1 aromatic heterocycles. The van der Waals surface area contributed by atoms with Crippen LogP contribution in [0.5, 0.6) is 0 Å². The average Bonchev–Trinajstić information content (AvgIpc) is 2.88. The standard InChI is InChI=1S/C19H20N2OS/c1-14-19(15(2)22)12-18(6-4-5-11-23-3)21(14)17-9-7-16(13-20)8-10-17/h4,6-10,12H,5,11H2,1-3H3. The van der Waals surface area contributed by atoms with E-state index >= 15 is 0 Å². The Hall–Kier alpha value is -2.25. The molecular weight excluding hydrogens is 304 g/mol. The van der Waals surface area contributed by atoms with Crippen LogP contribution in [0.15, 0.2) is 36.4 Å². The van der Waals surface area contributed by atoms with Crippen molar-refractivity contribution in [1.82, 2.24) is 4.57 Å². The largest absolute Gasteiger partial charge is 0.314 e. The maximum Gasteiger partial charge on any atom is 0.161 e. The third-order valence-corrected chi connectivity index (χ3v) is 4.33. The van der Waals surface area contributed by atoms with Gasteiger partial charge in [0.15, 0.2) is 5.78 Å². The zero-order valence-corrected chi connectivity index (χ0v) is 14.5. The number of nitrogens with zero attached hydrogens (tertiary/aromatic N) is 2. The van der Waals surface area contributed by atoms with Crippen LogP contribution < -0.4 is 0 Å². The van der Waals surface area contributed by atoms with Crippen LogP contribution in [-0.4, -0.2) is 22.4 Å². The Morgan fingerprint density at radius 1 is 1.35 bits per heavy atom. The van der Waals surface area contributed by atoms with Gasteiger partial charge in [-0.1, -0.05) is 6.08 Å². The number of thioether (sulfide) groups is 1. The van der Waals surface area contributed by atoms with Gasteiger partial charge in [0.1, 0.15) is 0 Å². The van der Waals surface area contributed by atoms with E-state index < -0.39 is 0 Å². The highest BCUT2D eigenvalue weighted by Gasteiger charge is 2.14. The summed E-state index contributed by atoms with van der Waals surface area (Å²) in [5, 5.41) is 8.94. The smallest absolute Gasteiger partial charge is 0.161 e. The summed E-state index contributed by atoms with van der Waals surface area (Å²) >= 11 is 1.81. The van der Waals surface area contributed by atoms with Gasteiger partial charge in [-0.2, -0.15) is 17.0 Å². The van der Waals surface area contributed by atoms with Gasteiger partial charge in [-0.25, -0.2) is 0 Å². The van der Waals surface area contributed by atoms with Crippen molar-refractivity contribution >= 4 is 23.6 Å². The molecule has 0 bridgehead atoms. The van der Waals surface area contributed by atoms with Crippen LogP contribution in [0.3, 0.4) is 0 Å². The first kappa shape index (κ1) is 17.1. The van der Waals surface area contributed by atoms with Gasteiger partial charge in [0.05, 0.1) is 11.6 Å². The quantitative estimate of drug-likeness (QED) is 0.575. The van der Waals surface area contributed by atoms with Crippen LogP contribution in [0.4, 0.5) is 0 Å². The van der Waals surface area contributed by atoms with Crippen molar-refractivity contribution in [3.8, 4) is 11.8 Å². The fourth-order valence-corrected chi connectivity index (χ4v) is 2.90. The van der Waals surface area contributed by atoms with E-state index in [-0.39, 0.29) is 5.78 Å². The van der Waals surface area contributed by atoms with Crippen LogP contribution >= 0.6 is 11.8 Å². The van der Waals surface area contributed by atoms with E-state index in [4.69, 9.17) is 5.26 Å². The van der Waals surface area contributed by atoms with E-state index in [2.05, 4.69) is 29.0 Å². The highest BCUT2D eigenvalue weighted by Crippen LogP contribution is 2.23. The lowest BCUT2D eigenvalue weighted by Gasteiger charge is -2.10. The zero-order valence-electron chi connectivity index (χ0n) is 13.7. The molecule has 0 aliphatic rings. The summed E-state index contributed by atoms with van der Waals surface area (Å²) in [5.41, 5.74) is 4.23. The summed E-state index contributed by atoms with van der Waals surface area (Å²) in [6.45, 7) is 3.54. The molecule has 23 heavy (non-hydrogen) atoms. The topological polar surface area (TPSA) is 45.8 Å². The molecule has 2 rings (SSSR count). The first-order valence-corrected chi connectivity index (χ1v) is 8.87. The Balaban J connectivity index is 2.48. The molecule has 1 aromatic carbocycles. The molecule has 0 fully saturated rings. The highest BCUT2D eigenvalue weighted by molar-refractivity contribution is 7.98. The van der Waals surface area contributed by atoms with Crippen molar-refractivity contribution in [3.05, 3.63) is 58.9 Å². The number of carbonyl (C=O) groups excluding carboxylic acids is 1. The molecule has 0 aliphatic carbocycles. The predicted molar refractivity (Wildman–Crippen MR) is 97.3 cm³/mol. The molecule has 0 N–H and O–H groups in total. The molecule has 0 aliphatic heterocycles. The molecule has 0 spiro atoms. The Kier molecular flexibility index (Phi) is 5.84. The van der Waals surface area contributed by atoms with Gasteiger partial charge in [0.2, 0.25) is 0 Å². The van der Waals surface area contributed by atoms with Crippen LogP contribution in [-0.2, 0) is 0 Å². The summed E-state index contributed by atoms with van der Waals surface area (Å²) in [5.74, 6) is 1.14. The molecule has 2 aromatic rings. The maximum atomic E-state index is 11.9. The van der Waals surface area contributed by atoms with Crippen LogP contribution in [0, 0.1) is 18.3 Å². The van der Waals surface area contributed by atoms with E-state index in [9.17, 15) is 4.79 Å². The number of nitriles is 1. The monoisotopic (exact) mass is 324 g/mol. The first-order chi connectivity index (χ1) is 11.1. The van der Waals surface area contributed by atoms with E-state index in [0.717, 1.165) is 34.8 Å². The average molecular weight is 324 g/mol. The van der Waals surface area contributed by atoms with Gasteiger partial charge >= 0.3 is 0 Å². The highest BCUT2D eigenvalue weighted by atomic mass is 32.2. The summed E-state index contributed by atoms with van der Waals surface area (Å²) in [7, 11) is 0. The number of carbonyl (C=O) groups is 1. The first-order valence-electron chi connectivity index (χ1n) is 7.47. The molecular formula is C19H20N2OS. The van der Waals surface area contributed by atoms with Crippen molar-refractivity contribution in [1.29, 1.82) is 5.26 Å². The van der Waals surface area contributed by atoms with Crippen LogP contribution in [0.2, 0.25) is 0 Å². The lowest BCUT2D eigenvalue weighted by atomic mass is 10.2. The molecule has 118 valence electrons. The van der Waals surface area contributed by atoms with E-state index in [1.165, 1.54) is 0 Å². The van der Waals surface area contributed by atoms with Gasteiger partial charge in [0, 0.05) is 22.6 Å². The Morgan fingerprint density at radius 3 is 2.61 bits per heavy atom. The number of hydrogen-bond acceptors (Lipinski definition) is 3. The second-order valence-electron chi connectivity index (χ2n) is 5.30. The number of Topliss-reactive ketones (excluding diaryl/α,β-unsaturated/α-hetero) is 1. The number of allylic oxidation sites excluding steroid dienone is 1.